The molecule has 25 nitrogen and oxygen atoms in total. The number of nitrogens with zero attached hydrogens (tertiary/aromatic N) is 13. The van der Waals surface area contributed by atoms with Crippen LogP contribution in [0.15, 0.2) is 393 Å². The second-order valence-electron chi connectivity index (χ2n) is 33.8. The van der Waals surface area contributed by atoms with E-state index in [2.05, 4.69) is 80.2 Å². The van der Waals surface area contributed by atoms with Crippen molar-refractivity contribution >= 4 is 114 Å². The van der Waals surface area contributed by atoms with Gasteiger partial charge in [-0.1, -0.05) is 109 Å². The second-order valence-corrected chi connectivity index (χ2v) is 35.6. The monoisotopic (exact) mass is 2000 g/mol. The Labute approximate surface area is 849 Å². The minimum atomic E-state index is -0.429. The molecule has 5 N–H and O–H groups in total. The van der Waals surface area contributed by atoms with Crippen LogP contribution in [0.1, 0.15) is 95.5 Å². The molecule has 5 amide bonds. The molecule has 0 aliphatic carbocycles. The summed E-state index contributed by atoms with van der Waals surface area (Å²) in [4.78, 5) is 84.4. The van der Waals surface area contributed by atoms with E-state index >= 15 is 0 Å². The number of fused-ring (bicyclic) bond motifs is 5. The number of amides is 5. The van der Waals surface area contributed by atoms with Crippen LogP contribution in [-0.2, 0) is 44.0 Å². The summed E-state index contributed by atoms with van der Waals surface area (Å²) in [5.41, 5.74) is 17.7. The van der Waals surface area contributed by atoms with Gasteiger partial charge < -0.3 is 40.8 Å². The minimum absolute atomic E-state index is 0.154. The van der Waals surface area contributed by atoms with Crippen LogP contribution in [0.25, 0.3) is 88.6 Å². The number of carbonyl (C=O) groups excluding carboxylic acids is 6. The molecular weight excluding hydrogens is 1900 g/mol. The maximum Gasteiger partial charge on any atom is 0.337 e. The van der Waals surface area contributed by atoms with Gasteiger partial charge in [0, 0.05) is 88.4 Å². The normalized spacial score (nSPS) is 11.0. The summed E-state index contributed by atoms with van der Waals surface area (Å²) in [5, 5.41) is 40.5. The van der Waals surface area contributed by atoms with Crippen molar-refractivity contribution in [2.24, 2.45) is 0 Å². The van der Waals surface area contributed by atoms with E-state index in [1.807, 2.05) is 177 Å². The van der Waals surface area contributed by atoms with Gasteiger partial charge in [0.2, 0.25) is 0 Å². The third-order valence-electron chi connectivity index (χ3n) is 23.8. The Kier molecular flexibility index (Phi) is 32.3. The molecule has 21 aromatic rings. The summed E-state index contributed by atoms with van der Waals surface area (Å²) < 4.78 is 81.2. The molecule has 734 valence electrons. The van der Waals surface area contributed by atoms with E-state index in [0.29, 0.717) is 70.6 Å². The fourth-order valence-corrected chi connectivity index (χ4v) is 17.4. The van der Waals surface area contributed by atoms with Crippen LogP contribution in [0.5, 0.6) is 0 Å². The Hall–Kier alpha value is -18.0. The average molecular weight is 2000 g/mol. The number of hydrogen-bond acceptors (Lipinski definition) is 16. The molecule has 147 heavy (non-hydrogen) atoms. The molecule has 0 radical (unpaired) electrons. The van der Waals surface area contributed by atoms with Crippen LogP contribution in [0.2, 0.25) is 0 Å². The molecule has 6 aromatic heterocycles. The molecule has 0 saturated carbocycles. The third-order valence-corrected chi connectivity index (χ3v) is 25.3. The molecule has 21 rings (SSSR count). The van der Waals surface area contributed by atoms with E-state index in [9.17, 15) is 50.7 Å². The van der Waals surface area contributed by atoms with Crippen LogP contribution in [0.3, 0.4) is 0 Å². The van der Waals surface area contributed by atoms with Crippen LogP contribution in [0.4, 0.5) is 22.0 Å². The van der Waals surface area contributed by atoms with Crippen molar-refractivity contribution in [2.75, 3.05) is 33.7 Å². The minimum Gasteiger partial charge on any atom is -0.465 e. The zero-order chi connectivity index (χ0) is 102. The number of imidazole rings is 1. The van der Waals surface area contributed by atoms with Gasteiger partial charge in [-0.05, 0) is 284 Å². The largest absolute Gasteiger partial charge is 0.465 e. The van der Waals surface area contributed by atoms with Gasteiger partial charge in [0.1, 0.15) is 29.1 Å². The molecule has 0 saturated heterocycles. The van der Waals surface area contributed by atoms with E-state index in [0.717, 1.165) is 117 Å². The van der Waals surface area contributed by atoms with Crippen molar-refractivity contribution in [2.45, 2.75) is 49.1 Å². The molecule has 0 fully saturated rings. The van der Waals surface area contributed by atoms with E-state index < -0.39 is 5.97 Å². The first kappa shape index (κ1) is 101. The van der Waals surface area contributed by atoms with Crippen LogP contribution in [-0.4, -0.2) is 133 Å². The van der Waals surface area contributed by atoms with Crippen LogP contribution >= 0.6 is 23.5 Å². The number of ether oxygens (including phenoxy) is 1. The summed E-state index contributed by atoms with van der Waals surface area (Å²) in [6.45, 7) is 2.83. The van der Waals surface area contributed by atoms with E-state index in [1.165, 1.54) is 78.2 Å². The van der Waals surface area contributed by atoms with Gasteiger partial charge >= 0.3 is 5.97 Å². The Morgan fingerprint density at radius 3 is 0.973 bits per heavy atom. The molecule has 0 aliphatic heterocycles. The van der Waals surface area contributed by atoms with E-state index in [4.69, 9.17) is 4.74 Å². The van der Waals surface area contributed by atoms with Gasteiger partial charge in [0.05, 0.1) is 140 Å². The van der Waals surface area contributed by atoms with Crippen molar-refractivity contribution in [1.29, 1.82) is 0 Å². The van der Waals surface area contributed by atoms with E-state index in [-0.39, 0.29) is 65.2 Å². The zero-order valence-electron chi connectivity index (χ0n) is 80.0. The Bertz CT molecular complexity index is 8270. The number of para-hydroxylation sites is 1. The highest BCUT2D eigenvalue weighted by Gasteiger charge is 2.23. The summed E-state index contributed by atoms with van der Waals surface area (Å²) in [6.07, 6.45) is 17.7. The second kappa shape index (κ2) is 47.3. The van der Waals surface area contributed by atoms with Crippen molar-refractivity contribution in [1.82, 2.24) is 89.9 Å². The first-order chi connectivity index (χ1) is 71.6. The molecule has 15 aromatic carbocycles. The highest BCUT2D eigenvalue weighted by molar-refractivity contribution is 7.98. The zero-order valence-corrected chi connectivity index (χ0v) is 81.6. The number of benzene rings is 15. The lowest BCUT2D eigenvalue weighted by molar-refractivity contribution is 0.0599. The molecule has 0 bridgehead atoms. The number of nitrogens with one attached hydrogen (secondary N) is 5. The SMILES string of the molecule is CN(C)Cc1cccc(CNC(=O)c2cccc3c2cnn3-c2ccc(F)cc2)c1.COC(=O)c1cccc(CNC(=O)c2cccc3c2cnn3-c2ccc(F)cc2)c1.CSc1ccc(CNC(=O)c2cccc3c2cnn3-c2ccc(F)cc2)cc1.CSc1cccc(CNC(=O)c2cccc3c2cnn3-c2ccc(F)cc2)c1.O=C(NCc1ccccc1-n1ccnc1)c1cccc2c1cnn2-c1ccc(F)cc1. The van der Waals surface area contributed by atoms with Gasteiger partial charge in [-0.2, -0.15) is 25.5 Å². The van der Waals surface area contributed by atoms with Gasteiger partial charge in [0.25, 0.3) is 29.5 Å². The fourth-order valence-electron chi connectivity index (χ4n) is 16.5. The molecular formula is C115H95F5N18O7S2. The lowest BCUT2D eigenvalue weighted by Crippen LogP contribution is -2.23. The average Bonchev–Trinajstić information content (AvgIpc) is 1.66. The molecule has 0 unspecified atom stereocenters. The predicted molar refractivity (Wildman–Crippen MR) is 563 cm³/mol. The quantitative estimate of drug-likeness (QED) is 0.0191. The highest BCUT2D eigenvalue weighted by Crippen LogP contribution is 2.31. The standard InChI is InChI=1S/C24H18FN5O.C24H23FN4O.C23H18FN3O3.2C22H18FN3OS/c25-18-8-10-19(11-9-18)30-23-7-3-5-20(21(23)15-28-30)24(31)27-14-17-4-1-2-6-22(17)29-13-12-26-16-29;1-28(2)16-18-6-3-5-17(13-18)14-26-24(30)21-7-4-8-23-22(21)15-27-29(23)20-11-9-19(25)10-12-20;1-30-23(29)16-5-2-4-15(12-16)13-25-22(28)19-6-3-7-21-20(19)14-26-27(21)18-10-8-17(24)9-11-18;1-28-18-5-2-4-15(12-18)13-24-22(27)19-6-3-7-21-20(19)14-25-26(21)17-10-8-16(23)9-11-17;1-28-18-11-5-15(6-12-18)13-24-22(27)19-3-2-4-21-20(19)14-25-26(21)17-9-7-16(23)8-10-17/h1-13,15-16H,14H2,(H,27,31);3-13,15H,14,16H2,1-2H3,(H,26,30);2-12,14H,13H2,1H3,(H,25,28);2*2-12,14H,13H2,1H3,(H,24,27). The summed E-state index contributed by atoms with van der Waals surface area (Å²) in [6, 6.07) is 96.9. The lowest BCUT2D eigenvalue weighted by atomic mass is 10.1. The number of thioether (sulfide) groups is 2. The number of aromatic nitrogens is 12. The van der Waals surface area contributed by atoms with Crippen molar-refractivity contribution in [3.8, 4) is 34.1 Å². The first-order valence-electron chi connectivity index (χ1n) is 46.4. The fraction of sp³-hybridized carbons (Fsp3) is 0.0957. The molecule has 6 heterocycles. The maximum atomic E-state index is 13.3. The number of hydrogen-bond donors (Lipinski definition) is 5. The van der Waals surface area contributed by atoms with Gasteiger partial charge in [0.15, 0.2) is 0 Å². The lowest BCUT2D eigenvalue weighted by Gasteiger charge is -2.12. The smallest absolute Gasteiger partial charge is 0.337 e. The summed E-state index contributed by atoms with van der Waals surface area (Å²) >= 11 is 3.35. The van der Waals surface area contributed by atoms with Gasteiger partial charge in [-0.15, -0.1) is 23.5 Å². The summed E-state index contributed by atoms with van der Waals surface area (Å²) in [7, 11) is 5.38. The number of rotatable bonds is 26. The Morgan fingerprint density at radius 1 is 0.320 bits per heavy atom. The molecule has 32 heteroatoms. The number of carbonyl (C=O) groups is 6. The van der Waals surface area contributed by atoms with Crippen molar-refractivity contribution < 1.29 is 55.5 Å². The predicted octanol–water partition coefficient (Wildman–Crippen LogP) is 22.0. The number of halogens is 5. The van der Waals surface area contributed by atoms with Gasteiger partial charge in [-0.3, -0.25) is 24.0 Å². The van der Waals surface area contributed by atoms with Crippen LogP contribution < -0.4 is 26.6 Å². The molecule has 0 spiro atoms. The molecule has 0 atom stereocenters. The number of esters is 1. The number of methoxy groups -OCH3 is 1. The maximum absolute atomic E-state index is 13.3. The van der Waals surface area contributed by atoms with Crippen molar-refractivity contribution in [3.63, 3.8) is 0 Å². The van der Waals surface area contributed by atoms with E-state index in [1.54, 1.807) is 206 Å². The van der Waals surface area contributed by atoms with Crippen molar-refractivity contribution in [3.05, 3.63) is 479 Å². The van der Waals surface area contributed by atoms with Gasteiger partial charge in [-0.25, -0.2) is 55.1 Å². The topological polar surface area (TPSA) is 282 Å². The third kappa shape index (κ3) is 24.5. The van der Waals surface area contributed by atoms with Crippen LogP contribution in [0, 0.1) is 29.1 Å². The highest BCUT2D eigenvalue weighted by atomic mass is 32.2. The summed E-state index contributed by atoms with van der Waals surface area (Å²) in [5.74, 6) is -2.88. The Balaban J connectivity index is 0.000000126. The first-order valence-corrected chi connectivity index (χ1v) is 48.8. The Morgan fingerprint density at radius 2 is 0.633 bits per heavy atom. The molecule has 0 aliphatic rings.